The Hall–Kier alpha value is -3.79. The molecule has 136 valence electrons. The number of nitriles is 2. The van der Waals surface area contributed by atoms with E-state index in [0.29, 0.717) is 17.7 Å². The zero-order valence-electron chi connectivity index (χ0n) is 14.5. The second kappa shape index (κ2) is 7.22. The average molecular weight is 364 g/mol. The quantitative estimate of drug-likeness (QED) is 0.750. The Bertz CT molecular complexity index is 943. The van der Waals surface area contributed by atoms with E-state index < -0.39 is 23.4 Å². The van der Waals surface area contributed by atoms with Crippen molar-refractivity contribution in [1.82, 2.24) is 30.4 Å². The normalized spacial score (nSPS) is 20.0. The molecule has 1 saturated heterocycles. The van der Waals surface area contributed by atoms with Crippen LogP contribution in [0.1, 0.15) is 25.3 Å². The predicted molar refractivity (Wildman–Crippen MR) is 90.7 cm³/mol. The van der Waals surface area contributed by atoms with Gasteiger partial charge in [-0.15, -0.1) is 5.10 Å². The van der Waals surface area contributed by atoms with Crippen LogP contribution in [0.4, 0.5) is 4.79 Å². The van der Waals surface area contributed by atoms with Gasteiger partial charge in [-0.25, -0.2) is 9.48 Å². The molecule has 10 nitrogen and oxygen atoms in total. The van der Waals surface area contributed by atoms with Gasteiger partial charge in [-0.3, -0.25) is 9.69 Å². The van der Waals surface area contributed by atoms with Crippen LogP contribution in [0.5, 0.6) is 0 Å². The van der Waals surface area contributed by atoms with Gasteiger partial charge in [0.25, 0.3) is 5.91 Å². The maximum atomic E-state index is 13.0. The highest BCUT2D eigenvalue weighted by atomic mass is 16.2. The summed E-state index contributed by atoms with van der Waals surface area (Å²) in [5.74, 6) is -1.03. The fraction of sp³-hybridized carbons (Fsp3) is 0.353. The largest absolute Gasteiger partial charge is 0.325 e. The number of hydrogen-bond acceptors (Lipinski definition) is 7. The van der Waals surface area contributed by atoms with E-state index in [1.54, 1.807) is 31.2 Å². The molecule has 2 heterocycles. The van der Waals surface area contributed by atoms with E-state index in [1.807, 2.05) is 12.1 Å². The van der Waals surface area contributed by atoms with Crippen molar-refractivity contribution in [2.45, 2.75) is 25.3 Å². The molecular formula is C17H16N8O2. The number of nitrogens with one attached hydrogen (secondary N) is 1. The summed E-state index contributed by atoms with van der Waals surface area (Å²) >= 11 is 0. The summed E-state index contributed by atoms with van der Waals surface area (Å²) < 4.78 is 1.44. The molecule has 1 aromatic carbocycles. The first kappa shape index (κ1) is 18.0. The van der Waals surface area contributed by atoms with Gasteiger partial charge in [0.2, 0.25) is 0 Å². The fourth-order valence-electron chi connectivity index (χ4n) is 2.95. The van der Waals surface area contributed by atoms with Crippen LogP contribution in [0.15, 0.2) is 30.6 Å². The number of urea groups is 1. The van der Waals surface area contributed by atoms with E-state index in [1.165, 1.54) is 11.0 Å². The molecule has 0 unspecified atom stereocenters. The van der Waals surface area contributed by atoms with Crippen molar-refractivity contribution in [3.63, 3.8) is 0 Å². The van der Waals surface area contributed by atoms with Crippen LogP contribution in [0.2, 0.25) is 0 Å². The lowest BCUT2D eigenvalue weighted by Crippen LogP contribution is -2.41. The minimum Gasteiger partial charge on any atom is -0.319 e. The third-order valence-corrected chi connectivity index (χ3v) is 4.50. The molecule has 1 fully saturated rings. The monoisotopic (exact) mass is 364 g/mol. The number of hydrogen-bond donors (Lipinski definition) is 1. The lowest BCUT2D eigenvalue weighted by molar-refractivity contribution is -0.131. The zero-order chi connectivity index (χ0) is 19.4. The molecule has 1 N–H and O–H groups in total. The molecule has 3 rings (SSSR count). The van der Waals surface area contributed by atoms with Crippen molar-refractivity contribution in [3.05, 3.63) is 36.2 Å². The van der Waals surface area contributed by atoms with Crippen LogP contribution < -0.4 is 5.32 Å². The van der Waals surface area contributed by atoms with Gasteiger partial charge in [-0.05, 0) is 41.5 Å². The van der Waals surface area contributed by atoms with Crippen molar-refractivity contribution in [2.75, 3.05) is 6.54 Å². The van der Waals surface area contributed by atoms with Crippen LogP contribution in [-0.4, -0.2) is 43.6 Å². The van der Waals surface area contributed by atoms with Gasteiger partial charge >= 0.3 is 6.03 Å². The molecule has 0 saturated carbocycles. The fourth-order valence-corrected chi connectivity index (χ4v) is 2.95. The zero-order valence-corrected chi connectivity index (χ0v) is 14.5. The number of nitrogens with zero attached hydrogens (tertiary/aromatic N) is 7. The molecule has 27 heavy (non-hydrogen) atoms. The van der Waals surface area contributed by atoms with Crippen LogP contribution in [-0.2, 0) is 10.3 Å². The summed E-state index contributed by atoms with van der Waals surface area (Å²) in [4.78, 5) is 26.4. The number of benzene rings is 1. The van der Waals surface area contributed by atoms with Crippen LogP contribution >= 0.6 is 0 Å². The first-order valence-electron chi connectivity index (χ1n) is 8.24. The number of imide groups is 1. The van der Waals surface area contributed by atoms with Crippen molar-refractivity contribution in [2.24, 2.45) is 5.92 Å². The SMILES string of the molecule is C[C@]1(c2cccc(-n3cnnn3)c2)NC(=O)N(C[C@@H](C#N)CCC#N)C1=O. The number of amides is 3. The Kier molecular flexibility index (Phi) is 4.81. The Balaban J connectivity index is 1.86. The Morgan fingerprint density at radius 2 is 2.15 bits per heavy atom. The highest BCUT2D eigenvalue weighted by Gasteiger charge is 2.49. The highest BCUT2D eigenvalue weighted by molar-refractivity contribution is 6.07. The molecule has 2 aromatic rings. The molecule has 1 aliphatic heterocycles. The van der Waals surface area contributed by atoms with Gasteiger partial charge in [0, 0.05) is 13.0 Å². The van der Waals surface area contributed by atoms with Gasteiger partial charge in [-0.1, -0.05) is 12.1 Å². The van der Waals surface area contributed by atoms with E-state index in [2.05, 4.69) is 20.8 Å². The second-order valence-electron chi connectivity index (χ2n) is 6.30. The number of carbonyl (C=O) groups excluding carboxylic acids is 2. The predicted octanol–water partition coefficient (Wildman–Crippen LogP) is 0.873. The average Bonchev–Trinajstić information content (AvgIpc) is 3.28. The Morgan fingerprint density at radius 1 is 1.33 bits per heavy atom. The summed E-state index contributed by atoms with van der Waals surface area (Å²) in [6, 6.07) is 10.4. The van der Waals surface area contributed by atoms with Crippen molar-refractivity contribution >= 4 is 11.9 Å². The number of rotatable bonds is 6. The summed E-state index contributed by atoms with van der Waals surface area (Å²) in [6.07, 6.45) is 1.91. The van der Waals surface area contributed by atoms with E-state index in [0.717, 1.165) is 4.90 Å². The Labute approximate surface area is 155 Å². The topological polar surface area (TPSA) is 141 Å². The van der Waals surface area contributed by atoms with E-state index in [9.17, 15) is 14.9 Å². The van der Waals surface area contributed by atoms with Gasteiger partial charge < -0.3 is 5.32 Å². The molecule has 10 heteroatoms. The summed E-state index contributed by atoms with van der Waals surface area (Å²) in [7, 11) is 0. The molecular weight excluding hydrogens is 348 g/mol. The maximum Gasteiger partial charge on any atom is 0.325 e. The maximum absolute atomic E-state index is 13.0. The van der Waals surface area contributed by atoms with Crippen LogP contribution in [0.3, 0.4) is 0 Å². The lowest BCUT2D eigenvalue weighted by Gasteiger charge is -2.23. The molecule has 0 spiro atoms. The lowest BCUT2D eigenvalue weighted by atomic mass is 9.91. The van der Waals surface area contributed by atoms with Crippen molar-refractivity contribution in [3.8, 4) is 17.8 Å². The molecule has 2 atom stereocenters. The molecule has 0 bridgehead atoms. The first-order valence-corrected chi connectivity index (χ1v) is 8.24. The first-order chi connectivity index (χ1) is 13.0. The third kappa shape index (κ3) is 3.33. The standard InChI is InChI=1S/C17H16N8O2/c1-17(13-5-2-6-14(8-13)25-11-20-22-23-25)15(26)24(16(27)21-17)10-12(9-19)4-3-7-18/h2,5-6,8,11-12H,3-4,10H2,1H3,(H,21,27)/t12-,17-/m1/s1. The highest BCUT2D eigenvalue weighted by Crippen LogP contribution is 2.30. The third-order valence-electron chi connectivity index (χ3n) is 4.50. The van der Waals surface area contributed by atoms with Gasteiger partial charge in [0.1, 0.15) is 11.9 Å². The smallest absolute Gasteiger partial charge is 0.319 e. The second-order valence-corrected chi connectivity index (χ2v) is 6.30. The summed E-state index contributed by atoms with van der Waals surface area (Å²) in [6.45, 7) is 1.56. The number of carbonyl (C=O) groups is 2. The Morgan fingerprint density at radius 3 is 2.81 bits per heavy atom. The molecule has 1 aliphatic rings. The molecule has 0 aliphatic carbocycles. The van der Waals surface area contributed by atoms with E-state index in [4.69, 9.17) is 5.26 Å². The number of aromatic nitrogens is 4. The van der Waals surface area contributed by atoms with Gasteiger partial charge in [0.05, 0.1) is 23.7 Å². The number of tetrazole rings is 1. The van der Waals surface area contributed by atoms with Crippen LogP contribution in [0.25, 0.3) is 5.69 Å². The van der Waals surface area contributed by atoms with E-state index >= 15 is 0 Å². The van der Waals surface area contributed by atoms with E-state index in [-0.39, 0.29) is 13.0 Å². The molecule has 3 amide bonds. The van der Waals surface area contributed by atoms with Crippen LogP contribution in [0, 0.1) is 28.6 Å². The molecule has 0 radical (unpaired) electrons. The van der Waals surface area contributed by atoms with Gasteiger partial charge in [-0.2, -0.15) is 10.5 Å². The minimum absolute atomic E-state index is 0.0505. The van der Waals surface area contributed by atoms with Crippen molar-refractivity contribution < 1.29 is 9.59 Å². The molecule has 1 aromatic heterocycles. The van der Waals surface area contributed by atoms with Crippen molar-refractivity contribution in [1.29, 1.82) is 10.5 Å². The minimum atomic E-state index is -1.27. The summed E-state index contributed by atoms with van der Waals surface area (Å²) in [5.41, 5.74) is -0.0545. The summed E-state index contributed by atoms with van der Waals surface area (Å²) in [5, 5.41) is 31.6. The van der Waals surface area contributed by atoms with Gasteiger partial charge in [0.15, 0.2) is 0 Å².